The summed E-state index contributed by atoms with van der Waals surface area (Å²) < 4.78 is 39.4. The summed E-state index contributed by atoms with van der Waals surface area (Å²) in [6.07, 6.45) is -2.85. The molecule has 0 saturated heterocycles. The molecule has 8 heteroatoms. The average molecular weight is 445 g/mol. The molecule has 0 spiro atoms. The number of nitrogens with zero attached hydrogens (tertiary/aromatic N) is 2. The Hall–Kier alpha value is -2.71. The fourth-order valence-electron chi connectivity index (χ4n) is 4.29. The Morgan fingerprint density at radius 1 is 1.09 bits per heavy atom. The summed E-state index contributed by atoms with van der Waals surface area (Å²) in [6.45, 7) is 3.53. The number of aliphatic hydroxyl groups excluding tert-OH is 1. The number of hydrogen-bond donors (Lipinski definition) is 3. The fraction of sp³-hybridized carbons (Fsp3) is 0.417. The van der Waals surface area contributed by atoms with Gasteiger partial charge in [0.1, 0.15) is 11.6 Å². The summed E-state index contributed by atoms with van der Waals surface area (Å²) in [5.41, 5.74) is 0.151. The highest BCUT2D eigenvalue weighted by Crippen LogP contribution is 2.39. The summed E-state index contributed by atoms with van der Waals surface area (Å²) in [6, 6.07) is 10.3. The van der Waals surface area contributed by atoms with Gasteiger partial charge in [-0.3, -0.25) is 0 Å². The van der Waals surface area contributed by atoms with E-state index in [0.717, 1.165) is 17.7 Å². The smallest absolute Gasteiger partial charge is 0.393 e. The van der Waals surface area contributed by atoms with Crippen molar-refractivity contribution in [3.8, 4) is 0 Å². The molecule has 3 N–H and O–H groups in total. The third-order valence-electron chi connectivity index (χ3n) is 6.19. The molecule has 1 aliphatic carbocycles. The van der Waals surface area contributed by atoms with Crippen molar-refractivity contribution in [2.24, 2.45) is 0 Å². The lowest BCUT2D eigenvalue weighted by atomic mass is 9.78. The Bertz CT molecular complexity index is 1130. The maximum Gasteiger partial charge on any atom is 0.416 e. The first-order chi connectivity index (χ1) is 15.0. The molecule has 1 fully saturated rings. The number of benzene rings is 2. The van der Waals surface area contributed by atoms with Crippen molar-refractivity contribution in [1.82, 2.24) is 9.97 Å². The molecule has 5 nitrogen and oxygen atoms in total. The monoisotopic (exact) mass is 445 g/mol. The number of halogens is 3. The van der Waals surface area contributed by atoms with Gasteiger partial charge in [0.05, 0.1) is 22.8 Å². The Balaban J connectivity index is 1.69. The molecular formula is C24H26F3N3O2. The van der Waals surface area contributed by atoms with Gasteiger partial charge < -0.3 is 15.5 Å². The van der Waals surface area contributed by atoms with Gasteiger partial charge in [0.15, 0.2) is 0 Å². The van der Waals surface area contributed by atoms with Crippen molar-refractivity contribution in [2.45, 2.75) is 63.5 Å². The van der Waals surface area contributed by atoms with Gasteiger partial charge in [0.2, 0.25) is 0 Å². The topological polar surface area (TPSA) is 78.3 Å². The van der Waals surface area contributed by atoms with E-state index in [0.29, 0.717) is 53.8 Å². The van der Waals surface area contributed by atoms with Gasteiger partial charge in [-0.25, -0.2) is 9.97 Å². The Kier molecular flexibility index (Phi) is 5.85. The molecule has 0 amide bonds. The van der Waals surface area contributed by atoms with Gasteiger partial charge in [-0.15, -0.1) is 0 Å². The molecule has 0 bridgehead atoms. The maximum absolute atomic E-state index is 13.1. The van der Waals surface area contributed by atoms with Crippen LogP contribution in [0.15, 0.2) is 42.5 Å². The molecule has 0 aliphatic heterocycles. The molecule has 1 atom stereocenters. The van der Waals surface area contributed by atoms with Crippen molar-refractivity contribution in [2.75, 3.05) is 5.32 Å². The van der Waals surface area contributed by atoms with E-state index < -0.39 is 29.5 Å². The van der Waals surface area contributed by atoms with Crippen molar-refractivity contribution < 1.29 is 23.4 Å². The van der Waals surface area contributed by atoms with Crippen LogP contribution in [0.2, 0.25) is 0 Å². The second kappa shape index (κ2) is 8.33. The van der Waals surface area contributed by atoms with Crippen molar-refractivity contribution in [3.05, 3.63) is 65.0 Å². The van der Waals surface area contributed by atoms with E-state index >= 15 is 0 Å². The molecule has 1 aromatic heterocycles. The van der Waals surface area contributed by atoms with Crippen LogP contribution in [-0.4, -0.2) is 26.3 Å². The number of fused-ring (bicyclic) bond motifs is 1. The van der Waals surface area contributed by atoms with Crippen LogP contribution in [0.25, 0.3) is 10.9 Å². The fourth-order valence-corrected chi connectivity index (χ4v) is 4.29. The van der Waals surface area contributed by atoms with E-state index in [-0.39, 0.29) is 0 Å². The van der Waals surface area contributed by atoms with Gasteiger partial charge in [-0.05, 0) is 74.9 Å². The summed E-state index contributed by atoms with van der Waals surface area (Å²) in [5, 5.41) is 24.9. The number of alkyl halides is 3. The third kappa shape index (κ3) is 4.56. The van der Waals surface area contributed by atoms with Gasteiger partial charge in [0, 0.05) is 11.4 Å². The second-order valence-electron chi connectivity index (χ2n) is 8.60. The Labute approximate surface area is 184 Å². The number of aliphatic hydroxyl groups is 2. The van der Waals surface area contributed by atoms with Crippen LogP contribution in [0.3, 0.4) is 0 Å². The lowest BCUT2D eigenvalue weighted by Crippen LogP contribution is -2.33. The predicted molar refractivity (Wildman–Crippen MR) is 116 cm³/mol. The molecule has 1 aliphatic rings. The van der Waals surface area contributed by atoms with Crippen LogP contribution in [0, 0.1) is 6.92 Å². The van der Waals surface area contributed by atoms with Gasteiger partial charge in [-0.2, -0.15) is 13.2 Å². The molecule has 2 aromatic carbocycles. The molecule has 0 unspecified atom stereocenters. The number of aromatic nitrogens is 2. The molecule has 3 aromatic rings. The zero-order valence-electron chi connectivity index (χ0n) is 17.9. The van der Waals surface area contributed by atoms with Gasteiger partial charge in [0.25, 0.3) is 0 Å². The zero-order chi connectivity index (χ0) is 23.1. The Morgan fingerprint density at radius 3 is 2.50 bits per heavy atom. The molecule has 32 heavy (non-hydrogen) atoms. The van der Waals surface area contributed by atoms with Gasteiger partial charge >= 0.3 is 6.18 Å². The van der Waals surface area contributed by atoms with Crippen LogP contribution < -0.4 is 5.32 Å². The lowest BCUT2D eigenvalue weighted by Gasteiger charge is -2.35. The largest absolute Gasteiger partial charge is 0.416 e. The van der Waals surface area contributed by atoms with Crippen LogP contribution in [0.1, 0.15) is 61.2 Å². The summed E-state index contributed by atoms with van der Waals surface area (Å²) in [7, 11) is 0. The third-order valence-corrected chi connectivity index (χ3v) is 6.19. The van der Waals surface area contributed by atoms with E-state index in [1.165, 1.54) is 6.07 Å². The summed E-state index contributed by atoms with van der Waals surface area (Å²) in [4.78, 5) is 8.96. The van der Waals surface area contributed by atoms with E-state index in [9.17, 15) is 23.4 Å². The van der Waals surface area contributed by atoms with Crippen molar-refractivity contribution in [3.63, 3.8) is 0 Å². The summed E-state index contributed by atoms with van der Waals surface area (Å²) in [5.74, 6) is 1.03. The second-order valence-corrected chi connectivity index (χ2v) is 8.60. The maximum atomic E-state index is 13.1. The van der Waals surface area contributed by atoms with Crippen LogP contribution in [-0.2, 0) is 11.8 Å². The molecule has 0 radical (unpaired) electrons. The van der Waals surface area contributed by atoms with Crippen molar-refractivity contribution in [1.29, 1.82) is 0 Å². The quantitative estimate of drug-likeness (QED) is 0.511. The highest BCUT2D eigenvalue weighted by Gasteiger charge is 2.34. The molecule has 4 rings (SSSR count). The van der Waals surface area contributed by atoms with Crippen LogP contribution in [0.4, 0.5) is 19.0 Å². The van der Waals surface area contributed by atoms with Crippen LogP contribution >= 0.6 is 0 Å². The minimum absolute atomic E-state index is 0.396. The number of nitrogens with one attached hydrogen (secondary N) is 1. The minimum atomic E-state index is -4.41. The van der Waals surface area contributed by atoms with E-state index in [2.05, 4.69) is 15.3 Å². The first kappa shape index (κ1) is 22.5. The number of hydrogen-bond acceptors (Lipinski definition) is 5. The SMILES string of the molecule is Cc1nc(N[C@H](C)c2cccc(C(F)(F)F)c2)c2cc([C@]3(O)CC[C@H](O)CC3)ccc2n1. The standard InChI is InChI=1S/C24H26F3N3O2/c1-14(16-4-3-5-18(12-16)24(25,26)27)28-22-20-13-17(6-7-21(20)29-15(2)30-22)23(32)10-8-19(31)9-11-23/h3-7,12-14,19,31-32H,8-11H2,1-2H3,(H,28,29,30)/t14-,19-,23-/m1/s1. The highest BCUT2D eigenvalue weighted by molar-refractivity contribution is 5.90. The van der Waals surface area contributed by atoms with E-state index in [4.69, 9.17) is 0 Å². The molecule has 1 heterocycles. The number of aryl methyl sites for hydroxylation is 1. The minimum Gasteiger partial charge on any atom is -0.393 e. The number of anilines is 1. The summed E-state index contributed by atoms with van der Waals surface area (Å²) >= 11 is 0. The number of rotatable bonds is 4. The zero-order valence-corrected chi connectivity index (χ0v) is 17.9. The Morgan fingerprint density at radius 2 is 1.81 bits per heavy atom. The molecule has 170 valence electrons. The van der Waals surface area contributed by atoms with E-state index in [1.54, 1.807) is 19.9 Å². The first-order valence-electron chi connectivity index (χ1n) is 10.7. The molecule has 1 saturated carbocycles. The highest BCUT2D eigenvalue weighted by atomic mass is 19.4. The first-order valence-corrected chi connectivity index (χ1v) is 10.7. The lowest BCUT2D eigenvalue weighted by molar-refractivity contribution is -0.137. The van der Waals surface area contributed by atoms with Crippen LogP contribution in [0.5, 0.6) is 0 Å². The van der Waals surface area contributed by atoms with Crippen molar-refractivity contribution >= 4 is 16.7 Å². The predicted octanol–water partition coefficient (Wildman–Crippen LogP) is 5.25. The average Bonchev–Trinajstić information content (AvgIpc) is 2.75. The molecular weight excluding hydrogens is 419 g/mol. The van der Waals surface area contributed by atoms with E-state index in [1.807, 2.05) is 18.2 Å². The normalized spacial score (nSPS) is 22.7. The van der Waals surface area contributed by atoms with Gasteiger partial charge in [-0.1, -0.05) is 18.2 Å².